The van der Waals surface area contributed by atoms with Crippen molar-refractivity contribution in [1.82, 2.24) is 4.72 Å². The van der Waals surface area contributed by atoms with Gasteiger partial charge in [-0.1, -0.05) is 18.2 Å². The van der Waals surface area contributed by atoms with Gasteiger partial charge in [0.15, 0.2) is 0 Å². The lowest BCUT2D eigenvalue weighted by Crippen LogP contribution is -2.20. The third kappa shape index (κ3) is 3.56. The average Bonchev–Trinajstić information content (AvgIpc) is 2.92. The van der Waals surface area contributed by atoms with Crippen LogP contribution in [0, 0.1) is 0 Å². The van der Waals surface area contributed by atoms with E-state index < -0.39 is 10.0 Å². The molecule has 2 N–H and O–H groups in total. The van der Waals surface area contributed by atoms with Crippen molar-refractivity contribution in [2.75, 3.05) is 18.9 Å². The van der Waals surface area contributed by atoms with E-state index in [9.17, 15) is 8.42 Å². The second-order valence-electron chi connectivity index (χ2n) is 3.96. The van der Waals surface area contributed by atoms with Gasteiger partial charge >= 0.3 is 0 Å². The number of benzene rings is 1. The summed E-state index contributed by atoms with van der Waals surface area (Å²) in [5.41, 5.74) is 0.633. The van der Waals surface area contributed by atoms with Gasteiger partial charge in [0.05, 0.1) is 5.69 Å². The van der Waals surface area contributed by atoms with Crippen LogP contribution in [0.3, 0.4) is 0 Å². The van der Waals surface area contributed by atoms with E-state index in [-0.39, 0.29) is 4.90 Å². The van der Waals surface area contributed by atoms with Crippen LogP contribution >= 0.6 is 11.3 Å². The average molecular weight is 296 g/mol. The quantitative estimate of drug-likeness (QED) is 0.860. The molecule has 2 rings (SSSR count). The Kier molecular flexibility index (Phi) is 4.57. The number of nitrogens with one attached hydrogen (secondary N) is 2. The molecule has 0 aliphatic heterocycles. The minimum atomic E-state index is -3.42. The summed E-state index contributed by atoms with van der Waals surface area (Å²) in [6, 6.07) is 11.0. The molecule has 0 saturated carbocycles. The maximum atomic E-state index is 11.9. The standard InChI is InChI=1S/C13H16N2O2S2/c1-14-19(16,17)13-7-3-2-6-12(13)15-9-8-11-5-4-10-18-11/h2-7,10,14-15H,8-9H2,1H3. The molecular weight excluding hydrogens is 280 g/mol. The van der Waals surface area contributed by atoms with Crippen molar-refractivity contribution in [2.24, 2.45) is 0 Å². The number of thiophene rings is 1. The van der Waals surface area contributed by atoms with Crippen LogP contribution in [0.5, 0.6) is 0 Å². The van der Waals surface area contributed by atoms with E-state index in [1.807, 2.05) is 17.5 Å². The van der Waals surface area contributed by atoms with Gasteiger partial charge in [0, 0.05) is 11.4 Å². The molecule has 0 unspecified atom stereocenters. The zero-order valence-corrected chi connectivity index (χ0v) is 12.2. The number of rotatable bonds is 6. The van der Waals surface area contributed by atoms with Gasteiger partial charge in [-0.05, 0) is 37.0 Å². The summed E-state index contributed by atoms with van der Waals surface area (Å²) < 4.78 is 26.1. The van der Waals surface area contributed by atoms with Crippen molar-refractivity contribution in [3.63, 3.8) is 0 Å². The number of hydrogen-bond acceptors (Lipinski definition) is 4. The second-order valence-corrected chi connectivity index (χ2v) is 6.85. The van der Waals surface area contributed by atoms with E-state index in [1.165, 1.54) is 11.9 Å². The van der Waals surface area contributed by atoms with Crippen molar-refractivity contribution in [2.45, 2.75) is 11.3 Å². The molecule has 4 nitrogen and oxygen atoms in total. The van der Waals surface area contributed by atoms with Crippen LogP contribution in [0.15, 0.2) is 46.7 Å². The first-order valence-corrected chi connectivity index (χ1v) is 8.28. The monoisotopic (exact) mass is 296 g/mol. The van der Waals surface area contributed by atoms with Crippen LogP contribution in [0.1, 0.15) is 4.88 Å². The molecule has 0 aliphatic carbocycles. The molecule has 2 aromatic rings. The number of hydrogen-bond donors (Lipinski definition) is 2. The maximum absolute atomic E-state index is 11.9. The molecule has 0 aliphatic rings. The van der Waals surface area contributed by atoms with Crippen molar-refractivity contribution >= 4 is 27.0 Å². The summed E-state index contributed by atoms with van der Waals surface area (Å²) in [6.07, 6.45) is 0.881. The summed E-state index contributed by atoms with van der Waals surface area (Å²) in [6.45, 7) is 0.705. The lowest BCUT2D eigenvalue weighted by Gasteiger charge is -2.11. The molecule has 0 saturated heterocycles. The molecule has 19 heavy (non-hydrogen) atoms. The maximum Gasteiger partial charge on any atom is 0.242 e. The first-order valence-electron chi connectivity index (χ1n) is 5.92. The Hall–Kier alpha value is -1.37. The predicted octanol–water partition coefficient (Wildman–Crippen LogP) is 2.31. The third-order valence-corrected chi connectivity index (χ3v) is 5.12. The fourth-order valence-corrected chi connectivity index (χ4v) is 3.35. The van der Waals surface area contributed by atoms with E-state index >= 15 is 0 Å². The van der Waals surface area contributed by atoms with Crippen molar-refractivity contribution < 1.29 is 8.42 Å². The zero-order valence-electron chi connectivity index (χ0n) is 10.6. The van der Waals surface area contributed by atoms with E-state index in [0.717, 1.165) is 6.42 Å². The largest absolute Gasteiger partial charge is 0.384 e. The molecular formula is C13H16N2O2S2. The van der Waals surface area contributed by atoms with E-state index in [0.29, 0.717) is 12.2 Å². The minimum Gasteiger partial charge on any atom is -0.384 e. The number of sulfonamides is 1. The van der Waals surface area contributed by atoms with Crippen LogP contribution in [-0.4, -0.2) is 22.0 Å². The molecule has 1 aromatic heterocycles. The number of para-hydroxylation sites is 1. The van der Waals surface area contributed by atoms with Gasteiger partial charge in [0.2, 0.25) is 10.0 Å². The SMILES string of the molecule is CNS(=O)(=O)c1ccccc1NCCc1cccs1. The van der Waals surface area contributed by atoms with Crippen LogP contribution in [0.2, 0.25) is 0 Å². The summed E-state index contributed by atoms with van der Waals surface area (Å²) in [5, 5.41) is 5.22. The Morgan fingerprint density at radius 1 is 1.16 bits per heavy atom. The molecule has 0 fully saturated rings. The summed E-state index contributed by atoms with van der Waals surface area (Å²) in [4.78, 5) is 1.56. The van der Waals surface area contributed by atoms with E-state index in [2.05, 4.69) is 16.1 Å². The Morgan fingerprint density at radius 2 is 1.95 bits per heavy atom. The molecule has 0 bridgehead atoms. The molecule has 1 heterocycles. The Labute approximate surface area is 117 Å². The molecule has 0 amide bonds. The van der Waals surface area contributed by atoms with Gasteiger partial charge < -0.3 is 5.32 Å². The van der Waals surface area contributed by atoms with Crippen molar-refractivity contribution in [3.05, 3.63) is 46.7 Å². The number of anilines is 1. The Balaban J connectivity index is 2.08. The normalized spacial score (nSPS) is 11.4. The van der Waals surface area contributed by atoms with Crippen molar-refractivity contribution in [3.8, 4) is 0 Å². The third-order valence-electron chi connectivity index (χ3n) is 2.71. The first kappa shape index (κ1) is 14.0. The van der Waals surface area contributed by atoms with E-state index in [1.54, 1.807) is 29.5 Å². The smallest absolute Gasteiger partial charge is 0.242 e. The summed E-state index contributed by atoms with van der Waals surface area (Å²) >= 11 is 1.70. The molecule has 0 spiro atoms. The second kappa shape index (κ2) is 6.18. The molecule has 1 aromatic carbocycles. The van der Waals surface area contributed by atoms with Gasteiger partial charge in [-0.25, -0.2) is 13.1 Å². The van der Waals surface area contributed by atoms with Crippen LogP contribution < -0.4 is 10.0 Å². The summed E-state index contributed by atoms with van der Waals surface area (Å²) in [5.74, 6) is 0. The molecule has 0 radical (unpaired) electrons. The summed E-state index contributed by atoms with van der Waals surface area (Å²) in [7, 11) is -2.01. The molecule has 0 atom stereocenters. The molecule has 102 valence electrons. The Bertz CT molecular complexity index is 622. The Morgan fingerprint density at radius 3 is 2.63 bits per heavy atom. The lowest BCUT2D eigenvalue weighted by molar-refractivity contribution is 0.588. The highest BCUT2D eigenvalue weighted by Gasteiger charge is 2.15. The zero-order chi connectivity index (χ0) is 13.7. The van der Waals surface area contributed by atoms with Gasteiger partial charge in [0.25, 0.3) is 0 Å². The van der Waals surface area contributed by atoms with E-state index in [4.69, 9.17) is 0 Å². The van der Waals surface area contributed by atoms with Crippen molar-refractivity contribution in [1.29, 1.82) is 0 Å². The fourth-order valence-electron chi connectivity index (χ4n) is 1.73. The fraction of sp³-hybridized carbons (Fsp3) is 0.231. The highest BCUT2D eigenvalue weighted by Crippen LogP contribution is 2.20. The van der Waals surface area contributed by atoms with Gasteiger partial charge in [0.1, 0.15) is 4.90 Å². The van der Waals surface area contributed by atoms with Gasteiger partial charge in [-0.15, -0.1) is 11.3 Å². The van der Waals surface area contributed by atoms with Gasteiger partial charge in [-0.3, -0.25) is 0 Å². The first-order chi connectivity index (χ1) is 9.13. The molecule has 6 heteroatoms. The van der Waals surface area contributed by atoms with Crippen LogP contribution in [0.4, 0.5) is 5.69 Å². The van der Waals surface area contributed by atoms with Crippen LogP contribution in [0.25, 0.3) is 0 Å². The predicted molar refractivity (Wildman–Crippen MR) is 79.2 cm³/mol. The minimum absolute atomic E-state index is 0.281. The lowest BCUT2D eigenvalue weighted by atomic mass is 10.3. The van der Waals surface area contributed by atoms with Crippen LogP contribution in [-0.2, 0) is 16.4 Å². The highest BCUT2D eigenvalue weighted by molar-refractivity contribution is 7.89. The highest BCUT2D eigenvalue weighted by atomic mass is 32.2. The van der Waals surface area contributed by atoms with Gasteiger partial charge in [-0.2, -0.15) is 0 Å². The topological polar surface area (TPSA) is 58.2 Å².